The van der Waals surface area contributed by atoms with Crippen molar-refractivity contribution in [1.29, 1.82) is 0 Å². The molecule has 0 fully saturated rings. The molecule has 0 aromatic rings. The highest BCUT2D eigenvalue weighted by atomic mass is 16.4. The third-order valence-electron chi connectivity index (χ3n) is 2.89. The van der Waals surface area contributed by atoms with E-state index in [1.807, 2.05) is 6.92 Å². The molecule has 0 rings (SSSR count). The highest BCUT2D eigenvalue weighted by Crippen LogP contribution is 2.10. The average Bonchev–Trinajstić information content (AvgIpc) is 2.22. The second-order valence-corrected chi connectivity index (χ2v) is 4.72. The first-order chi connectivity index (χ1) is 7.37. The van der Waals surface area contributed by atoms with Gasteiger partial charge in [-0.3, -0.25) is 9.69 Å². The second-order valence-electron chi connectivity index (χ2n) is 4.72. The third-order valence-corrected chi connectivity index (χ3v) is 2.89. The van der Waals surface area contributed by atoms with E-state index in [4.69, 9.17) is 0 Å². The second kappa shape index (κ2) is 6.86. The fourth-order valence-electron chi connectivity index (χ4n) is 1.67. The quantitative estimate of drug-likeness (QED) is 0.664. The van der Waals surface area contributed by atoms with Crippen molar-refractivity contribution in [3.8, 4) is 0 Å². The molecule has 0 aromatic heterocycles. The Hall–Kier alpha value is -0.610. The van der Waals surface area contributed by atoms with E-state index in [0.717, 1.165) is 19.5 Å². The number of carbonyl (C=O) groups is 1. The predicted octanol–water partition coefficient (Wildman–Crippen LogP) is 1.56. The van der Waals surface area contributed by atoms with Gasteiger partial charge >= 0.3 is 5.97 Å². The summed E-state index contributed by atoms with van der Waals surface area (Å²) < 4.78 is 0. The van der Waals surface area contributed by atoms with Crippen molar-refractivity contribution in [3.63, 3.8) is 0 Å². The molecule has 0 aliphatic carbocycles. The van der Waals surface area contributed by atoms with Crippen LogP contribution in [0.3, 0.4) is 0 Å². The number of hydrogen-bond donors (Lipinski definition) is 2. The van der Waals surface area contributed by atoms with Crippen molar-refractivity contribution in [2.45, 2.75) is 52.6 Å². The Labute approximate surface area is 99.0 Å². The molecule has 0 amide bonds. The number of aliphatic carboxylic acids is 1. The molecule has 4 heteroatoms. The molecule has 16 heavy (non-hydrogen) atoms. The summed E-state index contributed by atoms with van der Waals surface area (Å²) in [6, 6.07) is 0.368. The third kappa shape index (κ3) is 4.49. The van der Waals surface area contributed by atoms with Crippen molar-refractivity contribution in [1.82, 2.24) is 10.2 Å². The lowest BCUT2D eigenvalue weighted by Crippen LogP contribution is -2.58. The van der Waals surface area contributed by atoms with Crippen LogP contribution in [0.2, 0.25) is 0 Å². The molecule has 0 saturated heterocycles. The van der Waals surface area contributed by atoms with E-state index in [1.54, 1.807) is 6.92 Å². The highest BCUT2D eigenvalue weighted by molar-refractivity contribution is 5.78. The van der Waals surface area contributed by atoms with Gasteiger partial charge in [0.25, 0.3) is 0 Å². The normalized spacial score (nSPS) is 15.4. The molecule has 2 N–H and O–H groups in total. The molecule has 0 bridgehead atoms. The lowest BCUT2D eigenvalue weighted by Gasteiger charge is -2.34. The van der Waals surface area contributed by atoms with E-state index in [1.165, 1.54) is 0 Å². The monoisotopic (exact) mass is 230 g/mol. The highest BCUT2D eigenvalue weighted by Gasteiger charge is 2.34. The maximum atomic E-state index is 11.3. The van der Waals surface area contributed by atoms with Crippen LogP contribution in [0.5, 0.6) is 0 Å². The Kier molecular flexibility index (Phi) is 6.60. The van der Waals surface area contributed by atoms with Gasteiger partial charge in [0.05, 0.1) is 0 Å². The number of rotatable bonds is 8. The van der Waals surface area contributed by atoms with Crippen LogP contribution in [0.4, 0.5) is 0 Å². The topological polar surface area (TPSA) is 52.6 Å². The lowest BCUT2D eigenvalue weighted by atomic mass is 10.0. The zero-order chi connectivity index (χ0) is 12.8. The van der Waals surface area contributed by atoms with Crippen LogP contribution in [0.1, 0.15) is 41.0 Å². The van der Waals surface area contributed by atoms with E-state index in [9.17, 15) is 9.90 Å². The van der Waals surface area contributed by atoms with Crippen molar-refractivity contribution in [3.05, 3.63) is 0 Å². The van der Waals surface area contributed by atoms with Gasteiger partial charge in [-0.25, -0.2) is 0 Å². The zero-order valence-electron chi connectivity index (χ0n) is 11.2. The summed E-state index contributed by atoms with van der Waals surface area (Å²) in [5.74, 6) is -0.778. The van der Waals surface area contributed by atoms with Crippen LogP contribution in [-0.2, 0) is 4.79 Å². The first kappa shape index (κ1) is 15.4. The van der Waals surface area contributed by atoms with Gasteiger partial charge in [0, 0.05) is 12.6 Å². The number of carboxylic acid groups (broad SMARTS) is 1. The Morgan fingerprint density at radius 3 is 2.31 bits per heavy atom. The smallest absolute Gasteiger partial charge is 0.324 e. The van der Waals surface area contributed by atoms with Gasteiger partial charge < -0.3 is 10.4 Å². The molecule has 1 atom stereocenters. The Bertz CT molecular complexity index is 219. The van der Waals surface area contributed by atoms with Crippen LogP contribution < -0.4 is 5.32 Å². The summed E-state index contributed by atoms with van der Waals surface area (Å²) in [6.45, 7) is 12.2. The van der Waals surface area contributed by atoms with Gasteiger partial charge in [0.2, 0.25) is 0 Å². The maximum Gasteiger partial charge on any atom is 0.324 e. The van der Waals surface area contributed by atoms with E-state index in [0.29, 0.717) is 12.6 Å². The van der Waals surface area contributed by atoms with Crippen LogP contribution in [-0.4, -0.2) is 47.2 Å². The number of nitrogens with one attached hydrogen (secondary N) is 1. The summed E-state index contributed by atoms with van der Waals surface area (Å²) in [4.78, 5) is 13.5. The summed E-state index contributed by atoms with van der Waals surface area (Å²) >= 11 is 0. The number of carboxylic acids is 1. The van der Waals surface area contributed by atoms with E-state index >= 15 is 0 Å². The molecular weight excluding hydrogens is 204 g/mol. The number of hydrogen-bond acceptors (Lipinski definition) is 3. The fourth-order valence-corrected chi connectivity index (χ4v) is 1.67. The van der Waals surface area contributed by atoms with Gasteiger partial charge in [-0.1, -0.05) is 13.8 Å². The number of likely N-dealkylation sites (N-methyl/N-ethyl adjacent to an activating group) is 1. The molecule has 96 valence electrons. The first-order valence-electron chi connectivity index (χ1n) is 6.09. The van der Waals surface area contributed by atoms with Crippen molar-refractivity contribution in [2.75, 3.05) is 19.6 Å². The summed E-state index contributed by atoms with van der Waals surface area (Å²) in [6.07, 6.45) is 0.941. The zero-order valence-corrected chi connectivity index (χ0v) is 11.2. The standard InChI is InChI=1S/C12H26N2O2/c1-6-8-13-12(5,11(15)16)9-14(7-2)10(3)4/h10,13H,6-9H2,1-5H3,(H,15,16). The molecule has 0 aliphatic heterocycles. The minimum Gasteiger partial charge on any atom is -0.480 e. The predicted molar refractivity (Wildman–Crippen MR) is 66.7 cm³/mol. The Balaban J connectivity index is 4.58. The van der Waals surface area contributed by atoms with Crippen LogP contribution in [0.25, 0.3) is 0 Å². The maximum absolute atomic E-state index is 11.3. The minimum atomic E-state index is -0.851. The minimum absolute atomic E-state index is 0.368. The first-order valence-corrected chi connectivity index (χ1v) is 6.09. The van der Waals surface area contributed by atoms with Gasteiger partial charge in [-0.2, -0.15) is 0 Å². The van der Waals surface area contributed by atoms with Gasteiger partial charge in [0.15, 0.2) is 0 Å². The average molecular weight is 230 g/mol. The van der Waals surface area contributed by atoms with E-state index < -0.39 is 11.5 Å². The Morgan fingerprint density at radius 2 is 2.00 bits per heavy atom. The molecule has 0 aromatic carbocycles. The molecule has 1 unspecified atom stereocenters. The largest absolute Gasteiger partial charge is 0.480 e. The van der Waals surface area contributed by atoms with Crippen LogP contribution in [0, 0.1) is 0 Å². The van der Waals surface area contributed by atoms with Crippen molar-refractivity contribution in [2.24, 2.45) is 0 Å². The molecule has 0 spiro atoms. The van der Waals surface area contributed by atoms with Crippen molar-refractivity contribution < 1.29 is 9.90 Å². The molecular formula is C12H26N2O2. The van der Waals surface area contributed by atoms with Gasteiger partial charge in [0.1, 0.15) is 5.54 Å². The lowest BCUT2D eigenvalue weighted by molar-refractivity contribution is -0.145. The fraction of sp³-hybridized carbons (Fsp3) is 0.917. The summed E-state index contributed by atoms with van der Waals surface area (Å²) in [5.41, 5.74) is -0.851. The molecule has 0 heterocycles. The molecule has 0 aliphatic rings. The van der Waals surface area contributed by atoms with Gasteiger partial charge in [-0.05, 0) is 40.3 Å². The van der Waals surface area contributed by atoms with Crippen molar-refractivity contribution >= 4 is 5.97 Å². The molecule has 4 nitrogen and oxygen atoms in total. The SMILES string of the molecule is CCCNC(C)(CN(CC)C(C)C)C(=O)O. The van der Waals surface area contributed by atoms with Crippen LogP contribution in [0.15, 0.2) is 0 Å². The molecule has 0 saturated carbocycles. The van der Waals surface area contributed by atoms with E-state index in [2.05, 4.69) is 31.0 Å². The van der Waals surface area contributed by atoms with Crippen LogP contribution >= 0.6 is 0 Å². The van der Waals surface area contributed by atoms with Gasteiger partial charge in [-0.15, -0.1) is 0 Å². The van der Waals surface area contributed by atoms with E-state index in [-0.39, 0.29) is 0 Å². The molecule has 0 radical (unpaired) electrons. The summed E-state index contributed by atoms with van der Waals surface area (Å²) in [7, 11) is 0. The summed E-state index contributed by atoms with van der Waals surface area (Å²) in [5, 5.41) is 12.4. The number of nitrogens with zero attached hydrogens (tertiary/aromatic N) is 1. The Morgan fingerprint density at radius 1 is 1.44 bits per heavy atom.